The zero-order valence-electron chi connectivity index (χ0n) is 10.9. The van der Waals surface area contributed by atoms with Gasteiger partial charge in [-0.25, -0.2) is 0 Å². The molecule has 0 fully saturated rings. The highest BCUT2D eigenvalue weighted by atomic mass is 79.9. The minimum atomic E-state index is -0.177. The second kappa shape index (κ2) is 7.25. The molecular formula is C15H11Br2N3O. The van der Waals surface area contributed by atoms with E-state index in [0.29, 0.717) is 11.3 Å². The molecule has 21 heavy (non-hydrogen) atoms. The van der Waals surface area contributed by atoms with Crippen LogP contribution in [0.3, 0.4) is 0 Å². The molecule has 0 aliphatic rings. The van der Waals surface area contributed by atoms with Crippen molar-refractivity contribution in [2.75, 3.05) is 17.2 Å². The van der Waals surface area contributed by atoms with Crippen LogP contribution in [0.5, 0.6) is 0 Å². The molecule has 0 bridgehead atoms. The molecule has 4 nitrogen and oxygen atoms in total. The van der Waals surface area contributed by atoms with Crippen molar-refractivity contribution in [3.63, 3.8) is 0 Å². The van der Waals surface area contributed by atoms with Crippen LogP contribution >= 0.6 is 31.9 Å². The SMILES string of the molecule is N#Cc1cc(Br)ccc1NCC(=O)Nc1ccc(Br)cc1. The minimum absolute atomic E-state index is 0.0897. The van der Waals surface area contributed by atoms with E-state index < -0.39 is 0 Å². The van der Waals surface area contributed by atoms with Crippen LogP contribution in [-0.2, 0) is 4.79 Å². The number of anilines is 2. The van der Waals surface area contributed by atoms with Gasteiger partial charge in [-0.3, -0.25) is 4.79 Å². The van der Waals surface area contributed by atoms with Crippen molar-refractivity contribution < 1.29 is 4.79 Å². The minimum Gasteiger partial charge on any atom is -0.375 e. The first kappa shape index (κ1) is 15.5. The number of rotatable bonds is 4. The van der Waals surface area contributed by atoms with Gasteiger partial charge in [-0.2, -0.15) is 5.26 Å². The van der Waals surface area contributed by atoms with Gasteiger partial charge in [-0.05, 0) is 42.5 Å². The number of nitrogens with one attached hydrogen (secondary N) is 2. The normalized spacial score (nSPS) is 9.76. The Bertz CT molecular complexity index is 693. The van der Waals surface area contributed by atoms with E-state index in [1.807, 2.05) is 30.3 Å². The Morgan fingerprint density at radius 2 is 1.76 bits per heavy atom. The van der Waals surface area contributed by atoms with Crippen molar-refractivity contribution in [3.05, 3.63) is 57.0 Å². The molecule has 0 saturated carbocycles. The molecular weight excluding hydrogens is 398 g/mol. The largest absolute Gasteiger partial charge is 0.375 e. The van der Waals surface area contributed by atoms with Crippen LogP contribution in [0.2, 0.25) is 0 Å². The second-order valence-electron chi connectivity index (χ2n) is 4.21. The van der Waals surface area contributed by atoms with Gasteiger partial charge in [0.1, 0.15) is 6.07 Å². The van der Waals surface area contributed by atoms with Gasteiger partial charge < -0.3 is 10.6 Å². The number of nitriles is 1. The first-order valence-corrected chi connectivity index (χ1v) is 7.66. The van der Waals surface area contributed by atoms with Crippen LogP contribution in [-0.4, -0.2) is 12.5 Å². The summed E-state index contributed by atoms with van der Waals surface area (Å²) in [6.07, 6.45) is 0. The lowest BCUT2D eigenvalue weighted by molar-refractivity contribution is -0.114. The fourth-order valence-electron chi connectivity index (χ4n) is 1.68. The Balaban J connectivity index is 1.95. The third-order valence-corrected chi connectivity index (χ3v) is 3.69. The highest BCUT2D eigenvalue weighted by Crippen LogP contribution is 2.20. The molecule has 0 unspecified atom stereocenters. The van der Waals surface area contributed by atoms with E-state index in [4.69, 9.17) is 5.26 Å². The first-order valence-electron chi connectivity index (χ1n) is 6.07. The third kappa shape index (κ3) is 4.59. The van der Waals surface area contributed by atoms with Crippen LogP contribution in [0.1, 0.15) is 5.56 Å². The van der Waals surface area contributed by atoms with E-state index in [0.717, 1.165) is 14.6 Å². The Morgan fingerprint density at radius 1 is 1.10 bits per heavy atom. The molecule has 0 spiro atoms. The smallest absolute Gasteiger partial charge is 0.243 e. The zero-order valence-corrected chi connectivity index (χ0v) is 14.0. The van der Waals surface area contributed by atoms with Crippen LogP contribution in [0.25, 0.3) is 0 Å². The van der Waals surface area contributed by atoms with Gasteiger partial charge in [0.05, 0.1) is 17.8 Å². The number of hydrogen-bond donors (Lipinski definition) is 2. The summed E-state index contributed by atoms with van der Waals surface area (Å²) in [7, 11) is 0. The molecule has 2 aromatic carbocycles. The summed E-state index contributed by atoms with van der Waals surface area (Å²) in [6, 6.07) is 14.7. The predicted molar refractivity (Wildman–Crippen MR) is 90.1 cm³/mol. The van der Waals surface area contributed by atoms with E-state index in [1.165, 1.54) is 0 Å². The molecule has 0 atom stereocenters. The topological polar surface area (TPSA) is 64.9 Å². The molecule has 2 rings (SSSR count). The van der Waals surface area contributed by atoms with Gasteiger partial charge in [-0.1, -0.05) is 31.9 Å². The fourth-order valence-corrected chi connectivity index (χ4v) is 2.30. The average molecular weight is 409 g/mol. The van der Waals surface area contributed by atoms with Crippen LogP contribution in [0.4, 0.5) is 11.4 Å². The Morgan fingerprint density at radius 3 is 2.43 bits per heavy atom. The molecule has 2 N–H and O–H groups in total. The summed E-state index contributed by atoms with van der Waals surface area (Å²) in [5, 5.41) is 14.8. The number of hydrogen-bond acceptors (Lipinski definition) is 3. The molecule has 0 radical (unpaired) electrons. The number of nitrogens with zero attached hydrogens (tertiary/aromatic N) is 1. The summed E-state index contributed by atoms with van der Waals surface area (Å²) < 4.78 is 1.77. The monoisotopic (exact) mass is 407 g/mol. The summed E-state index contributed by atoms with van der Waals surface area (Å²) in [4.78, 5) is 11.9. The molecule has 0 aliphatic carbocycles. The maximum atomic E-state index is 11.9. The molecule has 1 amide bonds. The van der Waals surface area contributed by atoms with Gasteiger partial charge in [0.15, 0.2) is 0 Å². The van der Waals surface area contributed by atoms with Gasteiger partial charge in [0.2, 0.25) is 5.91 Å². The van der Waals surface area contributed by atoms with Gasteiger partial charge in [-0.15, -0.1) is 0 Å². The van der Waals surface area contributed by atoms with E-state index in [1.54, 1.807) is 12.1 Å². The van der Waals surface area contributed by atoms with Crippen LogP contribution < -0.4 is 10.6 Å². The molecule has 0 aliphatic heterocycles. The highest BCUT2D eigenvalue weighted by molar-refractivity contribution is 9.10. The standard InChI is InChI=1S/C15H11Br2N3O/c16-11-1-4-13(5-2-11)20-15(21)9-19-14-6-3-12(17)7-10(14)8-18/h1-7,19H,9H2,(H,20,21). The molecule has 106 valence electrons. The van der Waals surface area contributed by atoms with Crippen molar-refractivity contribution >= 4 is 49.1 Å². The number of halogens is 2. The maximum Gasteiger partial charge on any atom is 0.243 e. The molecule has 0 heterocycles. The molecule has 2 aromatic rings. The first-order chi connectivity index (χ1) is 10.1. The van der Waals surface area contributed by atoms with Crippen molar-refractivity contribution in [3.8, 4) is 6.07 Å². The number of carbonyl (C=O) groups excluding carboxylic acids is 1. The predicted octanol–water partition coefficient (Wildman–Crippen LogP) is 4.13. The Labute approximate surface area is 139 Å². The average Bonchev–Trinajstić information content (AvgIpc) is 2.48. The molecule has 6 heteroatoms. The lowest BCUT2D eigenvalue weighted by Crippen LogP contribution is -2.22. The van der Waals surface area contributed by atoms with Gasteiger partial charge in [0.25, 0.3) is 0 Å². The van der Waals surface area contributed by atoms with Gasteiger partial charge in [0, 0.05) is 14.6 Å². The van der Waals surface area contributed by atoms with Gasteiger partial charge >= 0.3 is 0 Å². The van der Waals surface area contributed by atoms with Crippen molar-refractivity contribution in [1.82, 2.24) is 0 Å². The summed E-state index contributed by atoms with van der Waals surface area (Å²) in [6.45, 7) is 0.0897. The van der Waals surface area contributed by atoms with Crippen LogP contribution in [0.15, 0.2) is 51.4 Å². The summed E-state index contributed by atoms with van der Waals surface area (Å²) in [5.41, 5.74) is 1.84. The molecule has 0 saturated heterocycles. The van der Waals surface area contributed by atoms with E-state index in [9.17, 15) is 4.79 Å². The fraction of sp³-hybridized carbons (Fsp3) is 0.0667. The lowest BCUT2D eigenvalue weighted by Gasteiger charge is -2.09. The third-order valence-electron chi connectivity index (χ3n) is 2.67. The van der Waals surface area contributed by atoms with E-state index in [-0.39, 0.29) is 12.5 Å². The number of benzene rings is 2. The molecule has 0 aromatic heterocycles. The number of carbonyl (C=O) groups is 1. The Kier molecular flexibility index (Phi) is 5.37. The Hall–Kier alpha value is -1.84. The van der Waals surface area contributed by atoms with E-state index in [2.05, 4.69) is 48.6 Å². The summed E-state index contributed by atoms with van der Waals surface area (Å²) in [5.74, 6) is -0.177. The summed E-state index contributed by atoms with van der Waals surface area (Å²) >= 11 is 6.64. The van der Waals surface area contributed by atoms with Crippen molar-refractivity contribution in [2.24, 2.45) is 0 Å². The van der Waals surface area contributed by atoms with Crippen molar-refractivity contribution in [1.29, 1.82) is 5.26 Å². The van der Waals surface area contributed by atoms with Crippen LogP contribution in [0, 0.1) is 11.3 Å². The quantitative estimate of drug-likeness (QED) is 0.799. The highest BCUT2D eigenvalue weighted by Gasteiger charge is 2.06. The second-order valence-corrected chi connectivity index (χ2v) is 6.04. The number of amides is 1. The lowest BCUT2D eigenvalue weighted by atomic mass is 10.2. The van der Waals surface area contributed by atoms with E-state index >= 15 is 0 Å². The maximum absolute atomic E-state index is 11.9. The van der Waals surface area contributed by atoms with Crippen molar-refractivity contribution in [2.45, 2.75) is 0 Å². The zero-order chi connectivity index (χ0) is 15.2.